The maximum absolute atomic E-state index is 3.77. The maximum atomic E-state index is 3.77. The highest BCUT2D eigenvalue weighted by molar-refractivity contribution is 4.96. The van der Waals surface area contributed by atoms with E-state index in [1.807, 2.05) is 0 Å². The van der Waals surface area contributed by atoms with Crippen LogP contribution in [0.5, 0.6) is 0 Å². The lowest BCUT2D eigenvalue weighted by Crippen LogP contribution is -2.45. The Morgan fingerprint density at radius 1 is 1.33 bits per heavy atom. The summed E-state index contributed by atoms with van der Waals surface area (Å²) in [6.45, 7) is 8.50. The Labute approximate surface area is 94.2 Å². The highest BCUT2D eigenvalue weighted by Gasteiger charge is 2.36. The third-order valence-electron chi connectivity index (χ3n) is 4.54. The van der Waals surface area contributed by atoms with Crippen molar-refractivity contribution in [2.45, 2.75) is 51.5 Å². The summed E-state index contributed by atoms with van der Waals surface area (Å²) in [5, 5.41) is 7.24. The molecule has 2 heteroatoms. The molecule has 2 nitrogen and oxygen atoms in total. The molecular weight excluding hydrogens is 184 g/mol. The summed E-state index contributed by atoms with van der Waals surface area (Å²) in [7, 11) is 0. The van der Waals surface area contributed by atoms with Crippen molar-refractivity contribution < 1.29 is 0 Å². The Kier molecular flexibility index (Phi) is 3.68. The molecule has 2 heterocycles. The first kappa shape index (κ1) is 11.4. The van der Waals surface area contributed by atoms with Crippen molar-refractivity contribution in [3.05, 3.63) is 0 Å². The summed E-state index contributed by atoms with van der Waals surface area (Å²) in [5.41, 5.74) is 0.475. The molecule has 2 atom stereocenters. The van der Waals surface area contributed by atoms with Gasteiger partial charge in [0.25, 0.3) is 0 Å². The van der Waals surface area contributed by atoms with E-state index in [2.05, 4.69) is 24.5 Å². The maximum Gasteiger partial charge on any atom is 0.0205 e. The van der Waals surface area contributed by atoms with E-state index in [0.717, 1.165) is 11.8 Å². The highest BCUT2D eigenvalue weighted by Crippen LogP contribution is 2.34. The normalized spacial score (nSPS) is 36.6. The summed E-state index contributed by atoms with van der Waals surface area (Å²) in [6, 6.07) is 0. The van der Waals surface area contributed by atoms with Gasteiger partial charge in [0, 0.05) is 5.54 Å². The van der Waals surface area contributed by atoms with Gasteiger partial charge in [-0.15, -0.1) is 0 Å². The second-order valence-corrected chi connectivity index (χ2v) is 5.74. The minimum atomic E-state index is 0.475. The van der Waals surface area contributed by atoms with E-state index >= 15 is 0 Å². The van der Waals surface area contributed by atoms with Crippen LogP contribution in [-0.4, -0.2) is 25.2 Å². The SMILES string of the molecule is CC(C)C1(CCC2CCNC2)CCCN1. The molecule has 15 heavy (non-hydrogen) atoms. The number of hydrogen-bond donors (Lipinski definition) is 2. The molecule has 0 aromatic carbocycles. The molecule has 0 radical (unpaired) electrons. The van der Waals surface area contributed by atoms with Crippen LogP contribution in [0.3, 0.4) is 0 Å². The van der Waals surface area contributed by atoms with Crippen LogP contribution >= 0.6 is 0 Å². The van der Waals surface area contributed by atoms with Crippen molar-refractivity contribution in [3.63, 3.8) is 0 Å². The molecule has 0 amide bonds. The summed E-state index contributed by atoms with van der Waals surface area (Å²) >= 11 is 0. The molecule has 2 saturated heterocycles. The molecule has 0 aromatic rings. The van der Waals surface area contributed by atoms with E-state index < -0.39 is 0 Å². The van der Waals surface area contributed by atoms with Gasteiger partial charge in [0.2, 0.25) is 0 Å². The van der Waals surface area contributed by atoms with Crippen LogP contribution < -0.4 is 10.6 Å². The van der Waals surface area contributed by atoms with Gasteiger partial charge in [-0.25, -0.2) is 0 Å². The van der Waals surface area contributed by atoms with Crippen LogP contribution in [-0.2, 0) is 0 Å². The molecule has 0 saturated carbocycles. The first-order valence-corrected chi connectivity index (χ1v) is 6.69. The second kappa shape index (κ2) is 4.84. The van der Waals surface area contributed by atoms with Crippen LogP contribution in [0.1, 0.15) is 46.0 Å². The fourth-order valence-electron chi connectivity index (χ4n) is 3.25. The molecule has 2 N–H and O–H groups in total. The van der Waals surface area contributed by atoms with Gasteiger partial charge in [0.1, 0.15) is 0 Å². The monoisotopic (exact) mass is 210 g/mol. The smallest absolute Gasteiger partial charge is 0.0205 e. The van der Waals surface area contributed by atoms with Crippen LogP contribution in [0.2, 0.25) is 0 Å². The van der Waals surface area contributed by atoms with Crippen molar-refractivity contribution >= 4 is 0 Å². The van der Waals surface area contributed by atoms with Crippen molar-refractivity contribution in [3.8, 4) is 0 Å². The van der Waals surface area contributed by atoms with Gasteiger partial charge in [-0.3, -0.25) is 0 Å². The highest BCUT2D eigenvalue weighted by atomic mass is 15.0. The van der Waals surface area contributed by atoms with E-state index in [-0.39, 0.29) is 0 Å². The average Bonchev–Trinajstić information content (AvgIpc) is 2.87. The standard InChI is InChI=1S/C13H26N2/c1-11(2)13(6-3-8-15-13)7-4-12-5-9-14-10-12/h11-12,14-15H,3-10H2,1-2H3. The van der Waals surface area contributed by atoms with Gasteiger partial charge in [-0.2, -0.15) is 0 Å². The van der Waals surface area contributed by atoms with Crippen LogP contribution in [0.25, 0.3) is 0 Å². The fraction of sp³-hybridized carbons (Fsp3) is 1.00. The summed E-state index contributed by atoms with van der Waals surface area (Å²) in [5.74, 6) is 1.73. The quantitative estimate of drug-likeness (QED) is 0.743. The third-order valence-corrected chi connectivity index (χ3v) is 4.54. The van der Waals surface area contributed by atoms with Crippen molar-refractivity contribution in [1.29, 1.82) is 0 Å². The van der Waals surface area contributed by atoms with E-state index in [9.17, 15) is 0 Å². The number of hydrogen-bond acceptors (Lipinski definition) is 2. The first-order chi connectivity index (χ1) is 7.23. The summed E-state index contributed by atoms with van der Waals surface area (Å²) in [6.07, 6.45) is 6.97. The van der Waals surface area contributed by atoms with Gasteiger partial charge < -0.3 is 10.6 Å². The minimum Gasteiger partial charge on any atom is -0.316 e. The minimum absolute atomic E-state index is 0.475. The molecule has 0 aromatic heterocycles. The summed E-state index contributed by atoms with van der Waals surface area (Å²) in [4.78, 5) is 0. The second-order valence-electron chi connectivity index (χ2n) is 5.74. The van der Waals surface area contributed by atoms with Gasteiger partial charge in [0.15, 0.2) is 0 Å². The lowest BCUT2D eigenvalue weighted by atomic mass is 9.79. The lowest BCUT2D eigenvalue weighted by Gasteiger charge is -2.35. The Hall–Kier alpha value is -0.0800. The number of rotatable bonds is 4. The zero-order valence-corrected chi connectivity index (χ0v) is 10.3. The van der Waals surface area contributed by atoms with Gasteiger partial charge >= 0.3 is 0 Å². The zero-order valence-electron chi connectivity index (χ0n) is 10.3. The molecule has 88 valence electrons. The first-order valence-electron chi connectivity index (χ1n) is 6.69. The average molecular weight is 210 g/mol. The fourth-order valence-corrected chi connectivity index (χ4v) is 3.25. The predicted octanol–water partition coefficient (Wildman–Crippen LogP) is 2.15. The lowest BCUT2D eigenvalue weighted by molar-refractivity contribution is 0.233. The van der Waals surface area contributed by atoms with E-state index in [1.54, 1.807) is 0 Å². The van der Waals surface area contributed by atoms with Crippen LogP contribution in [0.4, 0.5) is 0 Å². The van der Waals surface area contributed by atoms with E-state index in [0.29, 0.717) is 5.54 Å². The predicted molar refractivity (Wildman–Crippen MR) is 65.0 cm³/mol. The van der Waals surface area contributed by atoms with E-state index in [4.69, 9.17) is 0 Å². The van der Waals surface area contributed by atoms with Crippen LogP contribution in [0, 0.1) is 11.8 Å². The molecule has 0 spiro atoms. The van der Waals surface area contributed by atoms with Gasteiger partial charge in [-0.05, 0) is 63.6 Å². The molecule has 2 aliphatic heterocycles. The third kappa shape index (κ3) is 2.54. The Balaban J connectivity index is 1.83. The summed E-state index contributed by atoms with van der Waals surface area (Å²) < 4.78 is 0. The Morgan fingerprint density at radius 2 is 2.20 bits per heavy atom. The zero-order chi connectivity index (χ0) is 10.7. The number of nitrogens with one attached hydrogen (secondary N) is 2. The van der Waals surface area contributed by atoms with Crippen molar-refractivity contribution in [1.82, 2.24) is 10.6 Å². The van der Waals surface area contributed by atoms with Crippen molar-refractivity contribution in [2.24, 2.45) is 11.8 Å². The van der Waals surface area contributed by atoms with E-state index in [1.165, 1.54) is 51.7 Å². The Morgan fingerprint density at radius 3 is 2.73 bits per heavy atom. The van der Waals surface area contributed by atoms with Gasteiger partial charge in [-0.1, -0.05) is 13.8 Å². The molecule has 2 rings (SSSR count). The van der Waals surface area contributed by atoms with Gasteiger partial charge in [0.05, 0.1) is 0 Å². The molecule has 2 aliphatic rings. The molecule has 0 bridgehead atoms. The molecule has 0 aliphatic carbocycles. The Bertz CT molecular complexity index is 189. The molecule has 2 unspecified atom stereocenters. The van der Waals surface area contributed by atoms with Crippen LogP contribution in [0.15, 0.2) is 0 Å². The van der Waals surface area contributed by atoms with Crippen molar-refractivity contribution in [2.75, 3.05) is 19.6 Å². The largest absolute Gasteiger partial charge is 0.316 e. The molecular formula is C13H26N2. The molecule has 2 fully saturated rings. The topological polar surface area (TPSA) is 24.1 Å².